The first-order valence-electron chi connectivity index (χ1n) is 11.3. The minimum Gasteiger partial charge on any atom is -0.508 e. The zero-order chi connectivity index (χ0) is 22.7. The summed E-state index contributed by atoms with van der Waals surface area (Å²) >= 11 is 0. The van der Waals surface area contributed by atoms with Crippen molar-refractivity contribution in [3.8, 4) is 5.75 Å². The Labute approximate surface area is 159 Å². The average molecular weight is 347 g/mol. The Kier molecular flexibility index (Phi) is 4.83. The van der Waals surface area contributed by atoms with Crippen LogP contribution in [-0.4, -0.2) is 33.7 Å². The van der Waals surface area contributed by atoms with Crippen LogP contribution in [0.4, 0.5) is 0 Å². The van der Waals surface area contributed by atoms with E-state index in [-0.39, 0.29) is 42.1 Å². The minimum atomic E-state index is -0.620. The zero-order valence-electron chi connectivity index (χ0n) is 20.4. The molecule has 2 N–H and O–H groups in total. The zero-order valence-corrected chi connectivity index (χ0v) is 15.4. The first-order chi connectivity index (χ1) is 14.0. The molecule has 2 aromatic rings. The third kappa shape index (κ3) is 5.07. The normalized spacial score (nSPS) is 15.8. The maximum Gasteiger partial charge on any atom is 0.119 e. The van der Waals surface area contributed by atoms with E-state index in [1.807, 2.05) is 0 Å². The summed E-state index contributed by atoms with van der Waals surface area (Å²) < 4.78 is 40.8. The van der Waals surface area contributed by atoms with Crippen LogP contribution in [0.25, 0.3) is 0 Å². The van der Waals surface area contributed by atoms with Crippen molar-refractivity contribution in [3.63, 3.8) is 0 Å². The van der Waals surface area contributed by atoms with Crippen LogP contribution >= 0.6 is 0 Å². The number of hydrogen-bond acceptors (Lipinski definition) is 3. The molecule has 1 unspecified atom stereocenters. The maximum absolute atomic E-state index is 10.6. The molecule has 0 heterocycles. The Morgan fingerprint density at radius 2 is 1.68 bits per heavy atom. The molecule has 3 nitrogen and oxygen atoms in total. The highest BCUT2D eigenvalue weighted by atomic mass is 16.3. The second-order valence-electron chi connectivity index (χ2n) is 6.86. The van der Waals surface area contributed by atoms with Gasteiger partial charge in [-0.2, -0.15) is 0 Å². The fraction of sp³-hybridized carbons (Fsp3) is 0.455. The molecule has 0 aliphatic heterocycles. The molecule has 3 heteroatoms. The number of phenols is 1. The molecule has 136 valence electrons. The van der Waals surface area contributed by atoms with Crippen molar-refractivity contribution in [2.75, 3.05) is 6.54 Å². The molecule has 0 amide bonds. The van der Waals surface area contributed by atoms with Crippen molar-refractivity contribution in [2.45, 2.75) is 58.7 Å². The van der Waals surface area contributed by atoms with Gasteiger partial charge in [0.05, 0.1) is 13.5 Å². The van der Waals surface area contributed by atoms with Gasteiger partial charge in [-0.25, -0.2) is 0 Å². The highest BCUT2D eigenvalue weighted by Gasteiger charge is 2.21. The Morgan fingerprint density at radius 1 is 1.04 bits per heavy atom. The quantitative estimate of drug-likeness (QED) is 0.738. The van der Waals surface area contributed by atoms with E-state index < -0.39 is 24.0 Å². The number of benzene rings is 2. The predicted octanol–water partition coefficient (Wildman–Crippen LogP) is 4.53. The molecule has 0 bridgehead atoms. The molecule has 1 atom stereocenters. The van der Waals surface area contributed by atoms with Crippen LogP contribution < -0.4 is 0 Å². The van der Waals surface area contributed by atoms with Crippen molar-refractivity contribution in [1.82, 2.24) is 4.90 Å². The standard InChI is InChI=1S/C22H31NO2/c1-16(2)23(17(3)4)13-12-20(19-8-6-5-7-9-19)21-14-18(15-24)10-11-22(21)25/h5-11,14,16-17,20,24-25H,12-13,15H2,1-4H3/i5D,6D,7D,8D,9D. The van der Waals surface area contributed by atoms with Crippen molar-refractivity contribution in [1.29, 1.82) is 0 Å². The van der Waals surface area contributed by atoms with Gasteiger partial charge in [0.25, 0.3) is 0 Å². The van der Waals surface area contributed by atoms with Gasteiger partial charge < -0.3 is 10.2 Å². The topological polar surface area (TPSA) is 43.7 Å². The second-order valence-corrected chi connectivity index (χ2v) is 6.86. The van der Waals surface area contributed by atoms with Gasteiger partial charge in [-0.1, -0.05) is 36.3 Å². The van der Waals surface area contributed by atoms with Crippen LogP contribution in [0.1, 0.15) is 63.6 Å². The molecule has 2 rings (SSSR count). The molecule has 0 fully saturated rings. The molecule has 0 aliphatic rings. The van der Waals surface area contributed by atoms with E-state index in [4.69, 9.17) is 6.85 Å². The number of aromatic hydroxyl groups is 1. The van der Waals surface area contributed by atoms with E-state index in [0.717, 1.165) is 0 Å². The predicted molar refractivity (Wildman–Crippen MR) is 104 cm³/mol. The van der Waals surface area contributed by atoms with Gasteiger partial charge >= 0.3 is 0 Å². The van der Waals surface area contributed by atoms with Crippen molar-refractivity contribution < 1.29 is 17.1 Å². The summed E-state index contributed by atoms with van der Waals surface area (Å²) in [6.07, 6.45) is 0.451. The lowest BCUT2D eigenvalue weighted by Gasteiger charge is -2.32. The minimum absolute atomic E-state index is 0.0235. The molecule has 0 radical (unpaired) electrons. The summed E-state index contributed by atoms with van der Waals surface area (Å²) in [6.45, 7) is 8.75. The summed E-state index contributed by atoms with van der Waals surface area (Å²) in [7, 11) is 0. The summed E-state index contributed by atoms with van der Waals surface area (Å²) in [5.74, 6) is -0.644. The van der Waals surface area contributed by atoms with Crippen LogP contribution in [-0.2, 0) is 6.61 Å². The summed E-state index contributed by atoms with van der Waals surface area (Å²) in [6, 6.07) is 3.52. The fourth-order valence-corrected chi connectivity index (χ4v) is 3.26. The SMILES string of the molecule is [2H]c1c([2H])c([2H])c(C(CCN(C(C)C)C(C)C)c2cc(CO)ccc2O)c([2H])c1[2H]. The monoisotopic (exact) mass is 346 g/mol. The fourth-order valence-electron chi connectivity index (χ4n) is 3.26. The van der Waals surface area contributed by atoms with Gasteiger partial charge in [-0.15, -0.1) is 0 Å². The Balaban J connectivity index is 2.67. The van der Waals surface area contributed by atoms with Crippen molar-refractivity contribution in [3.05, 3.63) is 65.1 Å². The van der Waals surface area contributed by atoms with Gasteiger partial charge in [0.2, 0.25) is 0 Å². The summed E-state index contributed by atoms with van der Waals surface area (Å²) in [4.78, 5) is 2.26. The number of aliphatic hydroxyl groups excluding tert-OH is 1. The van der Waals surface area contributed by atoms with Crippen molar-refractivity contribution >= 4 is 0 Å². The van der Waals surface area contributed by atoms with E-state index >= 15 is 0 Å². The van der Waals surface area contributed by atoms with Crippen LogP contribution in [0.3, 0.4) is 0 Å². The lowest BCUT2D eigenvalue weighted by atomic mass is 9.86. The van der Waals surface area contributed by atoms with E-state index in [9.17, 15) is 10.2 Å². The average Bonchev–Trinajstić information content (AvgIpc) is 2.69. The van der Waals surface area contributed by atoms with E-state index in [2.05, 4.69) is 32.6 Å². The van der Waals surface area contributed by atoms with Crippen LogP contribution in [0.2, 0.25) is 0 Å². The molecular formula is C22H31NO2. The molecule has 0 aliphatic carbocycles. The Bertz CT molecular complexity index is 865. The molecule has 2 aromatic carbocycles. The van der Waals surface area contributed by atoms with E-state index in [1.165, 1.54) is 6.07 Å². The number of aliphatic hydroxyl groups is 1. The maximum atomic E-state index is 10.6. The van der Waals surface area contributed by atoms with E-state index in [0.29, 0.717) is 24.1 Å². The third-order valence-corrected chi connectivity index (χ3v) is 4.52. The molecular weight excluding hydrogens is 310 g/mol. The molecule has 0 saturated carbocycles. The summed E-state index contributed by atoms with van der Waals surface area (Å²) in [5, 5.41) is 20.1. The highest BCUT2D eigenvalue weighted by molar-refractivity contribution is 5.43. The highest BCUT2D eigenvalue weighted by Crippen LogP contribution is 2.35. The number of phenolic OH excluding ortho intramolecular Hbond substituents is 1. The van der Waals surface area contributed by atoms with E-state index in [1.54, 1.807) is 12.1 Å². The lowest BCUT2D eigenvalue weighted by Crippen LogP contribution is -2.38. The molecule has 0 saturated heterocycles. The van der Waals surface area contributed by atoms with Crippen molar-refractivity contribution in [2.24, 2.45) is 0 Å². The van der Waals surface area contributed by atoms with Gasteiger partial charge in [0.1, 0.15) is 5.75 Å². The summed E-state index contributed by atoms with van der Waals surface area (Å²) in [5.41, 5.74) is 1.20. The lowest BCUT2D eigenvalue weighted by molar-refractivity contribution is 0.170. The third-order valence-electron chi connectivity index (χ3n) is 4.52. The van der Waals surface area contributed by atoms with Gasteiger partial charge in [0, 0.05) is 23.6 Å². The molecule has 0 spiro atoms. The first-order valence-corrected chi connectivity index (χ1v) is 8.76. The van der Waals surface area contributed by atoms with Gasteiger partial charge in [-0.05, 0) is 63.9 Å². The van der Waals surface area contributed by atoms with Crippen LogP contribution in [0.5, 0.6) is 5.75 Å². The van der Waals surface area contributed by atoms with Gasteiger partial charge in [0.15, 0.2) is 0 Å². The first kappa shape index (κ1) is 13.4. The Morgan fingerprint density at radius 3 is 2.24 bits per heavy atom. The van der Waals surface area contributed by atoms with Crippen LogP contribution in [0, 0.1) is 0 Å². The van der Waals surface area contributed by atoms with Gasteiger partial charge in [-0.3, -0.25) is 4.90 Å². The molecule has 0 aromatic heterocycles. The molecule has 25 heavy (non-hydrogen) atoms. The largest absolute Gasteiger partial charge is 0.508 e. The smallest absolute Gasteiger partial charge is 0.119 e. The number of nitrogens with zero attached hydrogens (tertiary/aromatic N) is 1. The number of rotatable bonds is 8. The Hall–Kier alpha value is -1.84. The second kappa shape index (κ2) is 9.02. The number of hydrogen-bond donors (Lipinski definition) is 2. The van der Waals surface area contributed by atoms with Crippen LogP contribution in [0.15, 0.2) is 48.4 Å².